The number of carbonyl (C=O) groups excluding carboxylic acids is 1. The normalized spacial score (nSPS) is 20.9. The summed E-state index contributed by atoms with van der Waals surface area (Å²) in [4.78, 5) is 15.1. The van der Waals surface area contributed by atoms with Crippen molar-refractivity contribution in [3.8, 4) is 5.69 Å². The molecule has 1 aromatic carbocycles. The predicted octanol–water partition coefficient (Wildman–Crippen LogP) is 2.94. The molecule has 0 radical (unpaired) electrons. The van der Waals surface area contributed by atoms with Crippen LogP contribution in [0, 0.1) is 12.7 Å². The minimum atomic E-state index is -0.305. The second-order valence-electron chi connectivity index (χ2n) is 8.19. The lowest BCUT2D eigenvalue weighted by Gasteiger charge is -2.45. The van der Waals surface area contributed by atoms with Crippen LogP contribution in [0.25, 0.3) is 5.69 Å². The van der Waals surface area contributed by atoms with Gasteiger partial charge in [0.2, 0.25) is 0 Å². The van der Waals surface area contributed by atoms with Crippen LogP contribution in [0.3, 0.4) is 0 Å². The van der Waals surface area contributed by atoms with Crippen LogP contribution in [0.4, 0.5) is 4.39 Å². The molecule has 1 saturated heterocycles. The maximum absolute atomic E-state index is 13.1. The van der Waals surface area contributed by atoms with E-state index in [-0.39, 0.29) is 29.5 Å². The van der Waals surface area contributed by atoms with Crippen molar-refractivity contribution in [2.75, 3.05) is 19.6 Å². The van der Waals surface area contributed by atoms with Crippen molar-refractivity contribution in [3.63, 3.8) is 0 Å². The number of nitrogens with zero attached hydrogens (tertiary/aromatic N) is 3. The third kappa shape index (κ3) is 4.42. The third-order valence-corrected chi connectivity index (χ3v) is 5.28. The van der Waals surface area contributed by atoms with Crippen molar-refractivity contribution in [2.24, 2.45) is 0 Å². The highest BCUT2D eigenvalue weighted by Gasteiger charge is 2.33. The molecule has 3 rings (SSSR count). The van der Waals surface area contributed by atoms with Crippen molar-refractivity contribution < 1.29 is 13.9 Å². The number of carbonyl (C=O) groups is 1. The molecule has 1 fully saturated rings. The van der Waals surface area contributed by atoms with E-state index in [4.69, 9.17) is 4.74 Å². The Labute approximate surface area is 165 Å². The summed E-state index contributed by atoms with van der Waals surface area (Å²) in [5, 5.41) is 7.34. The number of nitrogens with one attached hydrogen (secondary N) is 1. The van der Waals surface area contributed by atoms with E-state index in [0.717, 1.165) is 24.5 Å². The zero-order valence-electron chi connectivity index (χ0n) is 17.2. The number of hydrogen-bond acceptors (Lipinski definition) is 4. The molecule has 1 aromatic heterocycles. The first-order valence-corrected chi connectivity index (χ1v) is 9.66. The fourth-order valence-corrected chi connectivity index (χ4v) is 3.65. The molecular formula is C21H29FN4O2. The smallest absolute Gasteiger partial charge is 0.254 e. The standard InChI is InChI=1S/C21H29FN4O2/c1-14-11-25(12-15(2)28-14)21(4,5)13-23-20(27)19-10-24-26(16(19)3)18-8-6-17(22)7-9-18/h6-10,14-15H,11-13H2,1-5H3,(H,23,27)/t14-,15-/m1/s1. The maximum Gasteiger partial charge on any atom is 0.254 e. The van der Waals surface area contributed by atoms with Crippen molar-refractivity contribution >= 4 is 5.91 Å². The zero-order valence-corrected chi connectivity index (χ0v) is 17.2. The molecule has 1 amide bonds. The number of hydrogen-bond donors (Lipinski definition) is 1. The summed E-state index contributed by atoms with van der Waals surface area (Å²) >= 11 is 0. The predicted molar refractivity (Wildman–Crippen MR) is 106 cm³/mol. The molecule has 2 aromatic rings. The number of amides is 1. The van der Waals surface area contributed by atoms with Gasteiger partial charge in [0, 0.05) is 25.2 Å². The Balaban J connectivity index is 1.67. The van der Waals surface area contributed by atoms with E-state index in [9.17, 15) is 9.18 Å². The zero-order chi connectivity index (χ0) is 20.5. The molecule has 152 valence electrons. The van der Waals surface area contributed by atoms with Crippen LogP contribution >= 0.6 is 0 Å². The lowest BCUT2D eigenvalue weighted by molar-refractivity contribution is -0.0948. The van der Waals surface area contributed by atoms with Gasteiger partial charge in [-0.05, 0) is 58.9 Å². The van der Waals surface area contributed by atoms with Crippen LogP contribution in [-0.4, -0.2) is 58.0 Å². The Morgan fingerprint density at radius 3 is 2.46 bits per heavy atom. The Kier molecular flexibility index (Phi) is 5.86. The van der Waals surface area contributed by atoms with Crippen LogP contribution < -0.4 is 5.32 Å². The highest BCUT2D eigenvalue weighted by atomic mass is 19.1. The Morgan fingerprint density at radius 2 is 1.86 bits per heavy atom. The summed E-state index contributed by atoms with van der Waals surface area (Å²) < 4.78 is 20.6. The van der Waals surface area contributed by atoms with Gasteiger partial charge in [0.1, 0.15) is 5.82 Å². The van der Waals surface area contributed by atoms with Crippen molar-refractivity contribution in [1.82, 2.24) is 20.0 Å². The minimum Gasteiger partial charge on any atom is -0.373 e. The molecule has 1 N–H and O–H groups in total. The first-order valence-electron chi connectivity index (χ1n) is 9.66. The van der Waals surface area contributed by atoms with Gasteiger partial charge < -0.3 is 10.1 Å². The Bertz CT molecular complexity index is 821. The summed E-state index contributed by atoms with van der Waals surface area (Å²) in [6, 6.07) is 6.04. The first kappa shape index (κ1) is 20.5. The van der Waals surface area contributed by atoms with E-state index in [2.05, 4.69) is 43.0 Å². The molecule has 0 saturated carbocycles. The number of ether oxygens (including phenoxy) is 1. The Morgan fingerprint density at radius 1 is 1.25 bits per heavy atom. The third-order valence-electron chi connectivity index (χ3n) is 5.28. The average Bonchev–Trinajstić information content (AvgIpc) is 3.01. The Hall–Kier alpha value is -2.25. The number of morpholine rings is 1. The van der Waals surface area contributed by atoms with E-state index < -0.39 is 0 Å². The number of halogens is 1. The minimum absolute atomic E-state index is 0.159. The molecule has 28 heavy (non-hydrogen) atoms. The van der Waals surface area contributed by atoms with E-state index in [1.165, 1.54) is 12.1 Å². The SMILES string of the molecule is Cc1c(C(=O)NCC(C)(C)N2C[C@@H](C)O[C@H](C)C2)cnn1-c1ccc(F)cc1. The quantitative estimate of drug-likeness (QED) is 0.856. The molecule has 0 bridgehead atoms. The molecule has 1 aliphatic heterocycles. The molecule has 1 aliphatic rings. The molecular weight excluding hydrogens is 359 g/mol. The van der Waals surface area contributed by atoms with Gasteiger partial charge in [-0.15, -0.1) is 0 Å². The average molecular weight is 388 g/mol. The monoisotopic (exact) mass is 388 g/mol. The fourth-order valence-electron chi connectivity index (χ4n) is 3.65. The van der Waals surface area contributed by atoms with Crippen LogP contribution in [0.1, 0.15) is 43.7 Å². The second-order valence-corrected chi connectivity index (χ2v) is 8.19. The summed E-state index contributed by atoms with van der Waals surface area (Å²) in [6.07, 6.45) is 1.91. The maximum atomic E-state index is 13.1. The number of aromatic nitrogens is 2. The topological polar surface area (TPSA) is 59.4 Å². The molecule has 2 atom stereocenters. The van der Waals surface area contributed by atoms with Crippen molar-refractivity contribution in [1.29, 1.82) is 0 Å². The van der Waals surface area contributed by atoms with Crippen molar-refractivity contribution in [2.45, 2.75) is 52.4 Å². The van der Waals surface area contributed by atoms with E-state index in [1.54, 1.807) is 23.0 Å². The van der Waals surface area contributed by atoms with Crippen molar-refractivity contribution in [3.05, 3.63) is 47.5 Å². The molecule has 0 unspecified atom stereocenters. The van der Waals surface area contributed by atoms with Crippen LogP contribution in [0.5, 0.6) is 0 Å². The second kappa shape index (κ2) is 8.01. The van der Waals surface area contributed by atoms with Crippen LogP contribution in [0.2, 0.25) is 0 Å². The van der Waals surface area contributed by atoms with Gasteiger partial charge in [-0.1, -0.05) is 0 Å². The van der Waals surface area contributed by atoms with Gasteiger partial charge in [-0.2, -0.15) is 5.10 Å². The summed E-state index contributed by atoms with van der Waals surface area (Å²) in [7, 11) is 0. The molecule has 2 heterocycles. The van der Waals surface area contributed by atoms with E-state index in [1.807, 2.05) is 6.92 Å². The first-order chi connectivity index (χ1) is 13.2. The van der Waals surface area contributed by atoms with Gasteiger partial charge >= 0.3 is 0 Å². The van der Waals surface area contributed by atoms with Gasteiger partial charge in [0.15, 0.2) is 0 Å². The van der Waals surface area contributed by atoms with Crippen LogP contribution in [-0.2, 0) is 4.74 Å². The molecule has 0 aliphatic carbocycles. The molecule has 0 spiro atoms. The van der Waals surface area contributed by atoms with Gasteiger partial charge in [-0.3, -0.25) is 9.69 Å². The summed E-state index contributed by atoms with van der Waals surface area (Å²) in [5.74, 6) is -0.464. The summed E-state index contributed by atoms with van der Waals surface area (Å²) in [5.41, 5.74) is 1.76. The molecule has 6 nitrogen and oxygen atoms in total. The van der Waals surface area contributed by atoms with E-state index in [0.29, 0.717) is 12.1 Å². The highest BCUT2D eigenvalue weighted by molar-refractivity contribution is 5.95. The lowest BCUT2D eigenvalue weighted by atomic mass is 10.00. The van der Waals surface area contributed by atoms with Gasteiger partial charge in [-0.25, -0.2) is 9.07 Å². The fraction of sp³-hybridized carbons (Fsp3) is 0.524. The van der Waals surface area contributed by atoms with E-state index >= 15 is 0 Å². The van der Waals surface area contributed by atoms with Crippen LogP contribution in [0.15, 0.2) is 30.5 Å². The van der Waals surface area contributed by atoms with Gasteiger partial charge in [0.05, 0.1) is 35.3 Å². The number of rotatable bonds is 5. The molecule has 7 heteroatoms. The lowest BCUT2D eigenvalue weighted by Crippen LogP contribution is -2.58. The van der Waals surface area contributed by atoms with Gasteiger partial charge in [0.25, 0.3) is 5.91 Å². The highest BCUT2D eigenvalue weighted by Crippen LogP contribution is 2.21. The largest absolute Gasteiger partial charge is 0.373 e. The summed E-state index contributed by atoms with van der Waals surface area (Å²) in [6.45, 7) is 12.5. The number of benzene rings is 1.